The Kier molecular flexibility index (Phi) is 3.35. The molecule has 0 aliphatic heterocycles. The Labute approximate surface area is 103 Å². The lowest BCUT2D eigenvalue weighted by Gasteiger charge is -2.03. The molecule has 2 aromatic rings. The second-order valence-corrected chi connectivity index (χ2v) is 3.93. The lowest BCUT2D eigenvalue weighted by molar-refractivity contribution is 0.0988. The second-order valence-electron chi connectivity index (χ2n) is 3.52. The molecule has 0 aliphatic carbocycles. The Morgan fingerprint density at radius 3 is 2.82 bits per heavy atom. The van der Waals surface area contributed by atoms with Gasteiger partial charge in [0, 0.05) is 18.8 Å². The van der Waals surface area contributed by atoms with E-state index in [9.17, 15) is 4.79 Å². The van der Waals surface area contributed by atoms with Crippen LogP contribution in [0.25, 0.3) is 0 Å². The number of Topliss-reactive ketones (excluding diaryl/α,β-unsaturated/α-hetero) is 1. The van der Waals surface area contributed by atoms with Crippen molar-refractivity contribution in [1.29, 1.82) is 0 Å². The fourth-order valence-electron chi connectivity index (χ4n) is 1.46. The average Bonchev–Trinajstić information content (AvgIpc) is 2.29. The molecule has 0 amide bonds. The largest absolute Gasteiger partial charge is 0.384 e. The Hall–Kier alpha value is -1.94. The highest BCUT2D eigenvalue weighted by molar-refractivity contribution is 6.33. The molecular weight excluding hydrogens is 238 g/mol. The third-order valence-corrected chi connectivity index (χ3v) is 2.54. The topological polar surface area (TPSA) is 68.9 Å². The third kappa shape index (κ3) is 2.79. The molecule has 17 heavy (non-hydrogen) atoms. The fourth-order valence-corrected chi connectivity index (χ4v) is 1.69. The molecule has 0 aromatic carbocycles. The number of hydrogen-bond donors (Lipinski definition) is 1. The van der Waals surface area contributed by atoms with Gasteiger partial charge in [-0.05, 0) is 29.8 Å². The van der Waals surface area contributed by atoms with Crippen molar-refractivity contribution in [2.45, 2.75) is 6.42 Å². The molecule has 4 nitrogen and oxygen atoms in total. The number of anilines is 1. The highest BCUT2D eigenvalue weighted by Crippen LogP contribution is 2.15. The van der Waals surface area contributed by atoms with E-state index in [2.05, 4.69) is 9.97 Å². The average molecular weight is 248 g/mol. The van der Waals surface area contributed by atoms with Crippen molar-refractivity contribution in [2.24, 2.45) is 0 Å². The monoisotopic (exact) mass is 247 g/mol. The number of carbonyl (C=O) groups is 1. The first-order valence-electron chi connectivity index (χ1n) is 5.01. The van der Waals surface area contributed by atoms with Gasteiger partial charge >= 0.3 is 0 Å². The van der Waals surface area contributed by atoms with Gasteiger partial charge in [-0.1, -0.05) is 11.6 Å². The van der Waals surface area contributed by atoms with Gasteiger partial charge in [-0.2, -0.15) is 0 Å². The zero-order chi connectivity index (χ0) is 12.3. The summed E-state index contributed by atoms with van der Waals surface area (Å²) in [4.78, 5) is 19.8. The Bertz CT molecular complexity index is 557. The summed E-state index contributed by atoms with van der Waals surface area (Å²) in [6.45, 7) is 0. The van der Waals surface area contributed by atoms with Crippen molar-refractivity contribution in [3.8, 4) is 0 Å². The molecule has 0 saturated carbocycles. The number of nitrogens with two attached hydrogens (primary N) is 1. The first kappa shape index (κ1) is 11.5. The van der Waals surface area contributed by atoms with Gasteiger partial charge in [-0.15, -0.1) is 0 Å². The van der Waals surface area contributed by atoms with E-state index in [1.54, 1.807) is 36.7 Å². The molecule has 0 unspecified atom stereocenters. The van der Waals surface area contributed by atoms with Crippen molar-refractivity contribution in [3.05, 3.63) is 52.9 Å². The molecule has 0 atom stereocenters. The predicted octanol–water partition coefficient (Wildman–Crippen LogP) is 2.14. The van der Waals surface area contributed by atoms with Crippen LogP contribution in [0.5, 0.6) is 0 Å². The van der Waals surface area contributed by atoms with Gasteiger partial charge in [0.15, 0.2) is 5.78 Å². The van der Waals surface area contributed by atoms with Gasteiger partial charge in [0.2, 0.25) is 0 Å². The Balaban J connectivity index is 2.20. The van der Waals surface area contributed by atoms with Crippen LogP contribution < -0.4 is 5.73 Å². The van der Waals surface area contributed by atoms with E-state index in [-0.39, 0.29) is 17.9 Å². The normalized spacial score (nSPS) is 10.2. The van der Waals surface area contributed by atoms with Crippen LogP contribution in [0.15, 0.2) is 36.7 Å². The number of hydrogen-bond acceptors (Lipinski definition) is 4. The summed E-state index contributed by atoms with van der Waals surface area (Å²) >= 11 is 5.90. The summed E-state index contributed by atoms with van der Waals surface area (Å²) in [5, 5.41) is 0.361. The van der Waals surface area contributed by atoms with Crippen LogP contribution in [0.2, 0.25) is 5.02 Å². The number of aromatic nitrogens is 2. The van der Waals surface area contributed by atoms with Crippen LogP contribution >= 0.6 is 11.6 Å². The van der Waals surface area contributed by atoms with Gasteiger partial charge in [0.1, 0.15) is 11.5 Å². The van der Waals surface area contributed by atoms with E-state index in [4.69, 9.17) is 17.3 Å². The number of carbonyl (C=O) groups excluding carboxylic acids is 1. The van der Waals surface area contributed by atoms with E-state index < -0.39 is 0 Å². The van der Waals surface area contributed by atoms with Gasteiger partial charge in [-0.25, -0.2) is 4.98 Å². The van der Waals surface area contributed by atoms with Crippen molar-refractivity contribution in [2.75, 3.05) is 5.73 Å². The van der Waals surface area contributed by atoms with Crippen LogP contribution in [0.3, 0.4) is 0 Å². The first-order chi connectivity index (χ1) is 8.16. The molecule has 86 valence electrons. The molecular formula is C12H10ClN3O. The number of nitrogens with zero attached hydrogens (tertiary/aromatic N) is 2. The van der Waals surface area contributed by atoms with Crippen molar-refractivity contribution in [3.63, 3.8) is 0 Å². The van der Waals surface area contributed by atoms with Gasteiger partial charge in [-0.3, -0.25) is 9.78 Å². The lowest BCUT2D eigenvalue weighted by Crippen LogP contribution is -2.07. The highest BCUT2D eigenvalue weighted by Gasteiger charge is 2.12. The van der Waals surface area contributed by atoms with E-state index in [0.717, 1.165) is 5.56 Å². The second kappa shape index (κ2) is 4.93. The summed E-state index contributed by atoms with van der Waals surface area (Å²) in [5.41, 5.74) is 6.62. The highest BCUT2D eigenvalue weighted by atomic mass is 35.5. The van der Waals surface area contributed by atoms with Gasteiger partial charge in [0.05, 0.1) is 5.02 Å². The molecule has 0 radical (unpaired) electrons. The van der Waals surface area contributed by atoms with Gasteiger partial charge in [0.25, 0.3) is 0 Å². The molecule has 0 fully saturated rings. The molecule has 2 heterocycles. The van der Waals surface area contributed by atoms with Crippen LogP contribution in [0.4, 0.5) is 5.82 Å². The number of halogens is 1. The summed E-state index contributed by atoms with van der Waals surface area (Å²) in [6, 6.07) is 6.73. The van der Waals surface area contributed by atoms with Gasteiger partial charge < -0.3 is 5.73 Å². The lowest BCUT2D eigenvalue weighted by atomic mass is 10.1. The summed E-state index contributed by atoms with van der Waals surface area (Å²) in [7, 11) is 0. The minimum Gasteiger partial charge on any atom is -0.384 e. The Morgan fingerprint density at radius 1 is 1.29 bits per heavy atom. The Morgan fingerprint density at radius 2 is 2.12 bits per heavy atom. The van der Waals surface area contributed by atoms with Crippen molar-refractivity contribution in [1.82, 2.24) is 9.97 Å². The predicted molar refractivity (Wildman–Crippen MR) is 65.9 cm³/mol. The maximum Gasteiger partial charge on any atom is 0.187 e. The molecule has 2 N–H and O–H groups in total. The fraction of sp³-hybridized carbons (Fsp3) is 0.0833. The van der Waals surface area contributed by atoms with Crippen LogP contribution in [0.1, 0.15) is 16.1 Å². The molecule has 0 spiro atoms. The summed E-state index contributed by atoms with van der Waals surface area (Å²) < 4.78 is 0. The van der Waals surface area contributed by atoms with E-state index >= 15 is 0 Å². The minimum atomic E-state index is -0.138. The number of rotatable bonds is 3. The first-order valence-corrected chi connectivity index (χ1v) is 5.39. The zero-order valence-electron chi connectivity index (χ0n) is 8.93. The van der Waals surface area contributed by atoms with E-state index in [1.807, 2.05) is 0 Å². The molecule has 0 bridgehead atoms. The maximum atomic E-state index is 11.9. The summed E-state index contributed by atoms with van der Waals surface area (Å²) in [6.07, 6.45) is 3.32. The third-order valence-electron chi connectivity index (χ3n) is 2.23. The zero-order valence-corrected chi connectivity index (χ0v) is 9.69. The maximum absolute atomic E-state index is 11.9. The van der Waals surface area contributed by atoms with Crippen LogP contribution in [0, 0.1) is 0 Å². The molecule has 0 aliphatic rings. The molecule has 2 aromatic heterocycles. The summed E-state index contributed by atoms with van der Waals surface area (Å²) in [5.74, 6) is 0.253. The van der Waals surface area contributed by atoms with Crippen molar-refractivity contribution >= 4 is 23.2 Å². The van der Waals surface area contributed by atoms with Crippen molar-refractivity contribution < 1.29 is 4.79 Å². The number of nitrogen functional groups attached to an aromatic ring is 1. The standard InChI is InChI=1S/C12H10ClN3O/c13-9-2-1-4-16-12(9)10(17)6-8-3-5-15-11(14)7-8/h1-5,7H,6H2,(H2,14,15). The molecule has 5 heteroatoms. The van der Waals surface area contributed by atoms with Crippen LogP contribution in [-0.4, -0.2) is 15.8 Å². The molecule has 2 rings (SSSR count). The number of ketones is 1. The number of pyridine rings is 2. The van der Waals surface area contributed by atoms with E-state index in [0.29, 0.717) is 10.8 Å². The quantitative estimate of drug-likeness (QED) is 0.844. The molecule has 0 saturated heterocycles. The van der Waals surface area contributed by atoms with E-state index in [1.165, 1.54) is 0 Å². The smallest absolute Gasteiger partial charge is 0.187 e. The van der Waals surface area contributed by atoms with Crippen LogP contribution in [-0.2, 0) is 6.42 Å². The minimum absolute atomic E-state index is 0.138. The SMILES string of the molecule is Nc1cc(CC(=O)c2ncccc2Cl)ccn1.